The van der Waals surface area contributed by atoms with E-state index in [-0.39, 0.29) is 0 Å². The molecule has 0 radical (unpaired) electrons. The Balaban J connectivity index is 2.08. The quantitative estimate of drug-likeness (QED) is 0.742. The van der Waals surface area contributed by atoms with Crippen molar-refractivity contribution in [1.82, 2.24) is 9.80 Å². The van der Waals surface area contributed by atoms with Crippen LogP contribution in [0.2, 0.25) is 0 Å². The Morgan fingerprint density at radius 3 is 2.24 bits per heavy atom. The molecule has 2 saturated heterocycles. The highest BCUT2D eigenvalue weighted by atomic mass is 15.3. The zero-order valence-corrected chi connectivity index (χ0v) is 12.0. The first-order valence-electron chi connectivity index (χ1n) is 7.75. The lowest BCUT2D eigenvalue weighted by molar-refractivity contribution is 0.0660. The van der Waals surface area contributed by atoms with E-state index in [1.165, 1.54) is 64.7 Å². The van der Waals surface area contributed by atoms with Gasteiger partial charge in [0, 0.05) is 18.1 Å². The average Bonchev–Trinajstić information content (AvgIpc) is 2.70. The van der Waals surface area contributed by atoms with Gasteiger partial charge in [-0.2, -0.15) is 0 Å². The molecule has 2 aliphatic heterocycles. The normalized spacial score (nSPS) is 28.1. The van der Waals surface area contributed by atoms with Crippen molar-refractivity contribution in [2.24, 2.45) is 0 Å². The van der Waals surface area contributed by atoms with Crippen molar-refractivity contribution < 1.29 is 0 Å². The molecule has 2 rings (SSSR count). The van der Waals surface area contributed by atoms with Crippen LogP contribution in [0.4, 0.5) is 0 Å². The maximum absolute atomic E-state index is 2.84. The molecule has 0 N–H and O–H groups in total. The van der Waals surface area contributed by atoms with E-state index in [1.807, 2.05) is 0 Å². The molecule has 0 spiro atoms. The van der Waals surface area contributed by atoms with Crippen molar-refractivity contribution in [3.8, 4) is 0 Å². The van der Waals surface area contributed by atoms with Gasteiger partial charge in [0.2, 0.25) is 0 Å². The Morgan fingerprint density at radius 2 is 1.59 bits per heavy atom. The summed E-state index contributed by atoms with van der Waals surface area (Å²) in [5.74, 6) is 0. The second-order valence-electron chi connectivity index (χ2n) is 5.92. The molecule has 1 atom stereocenters. The van der Waals surface area contributed by atoms with Crippen molar-refractivity contribution in [3.63, 3.8) is 0 Å². The van der Waals surface area contributed by atoms with Gasteiger partial charge in [-0.05, 0) is 58.2 Å². The van der Waals surface area contributed by atoms with Crippen LogP contribution in [0.15, 0.2) is 0 Å². The van der Waals surface area contributed by atoms with Crippen LogP contribution < -0.4 is 0 Å². The Bertz CT molecular complexity index is 227. The lowest BCUT2D eigenvalue weighted by atomic mass is 9.87. The van der Waals surface area contributed by atoms with Crippen molar-refractivity contribution in [2.75, 3.05) is 26.2 Å². The monoisotopic (exact) mass is 238 g/mol. The van der Waals surface area contributed by atoms with Crippen LogP contribution in [-0.2, 0) is 0 Å². The summed E-state index contributed by atoms with van der Waals surface area (Å²) in [6, 6.07) is 0.863. The predicted octanol–water partition coefficient (Wildman–Crippen LogP) is 3.13. The summed E-state index contributed by atoms with van der Waals surface area (Å²) in [4.78, 5) is 5.58. The standard InChI is InChI=1S/C15H30N2/c1-4-15(5-2,6-3)17-12-8-11-16-10-7-9-14(16)13-17/h14H,4-13H2,1-3H3. The van der Waals surface area contributed by atoms with Crippen LogP contribution >= 0.6 is 0 Å². The lowest BCUT2D eigenvalue weighted by Crippen LogP contribution is -2.50. The molecule has 0 amide bonds. The summed E-state index contributed by atoms with van der Waals surface area (Å²) in [6.45, 7) is 12.5. The van der Waals surface area contributed by atoms with E-state index in [0.29, 0.717) is 5.54 Å². The van der Waals surface area contributed by atoms with Crippen LogP contribution in [0.25, 0.3) is 0 Å². The molecule has 0 aliphatic carbocycles. The first kappa shape index (κ1) is 13.4. The Kier molecular flexibility index (Phi) is 4.48. The molecular weight excluding hydrogens is 208 g/mol. The fraction of sp³-hybridized carbons (Fsp3) is 1.00. The number of hydrogen-bond donors (Lipinski definition) is 0. The van der Waals surface area contributed by atoms with Crippen molar-refractivity contribution >= 4 is 0 Å². The minimum absolute atomic E-state index is 0.485. The molecule has 2 aliphatic rings. The maximum atomic E-state index is 2.84. The number of nitrogens with zero attached hydrogens (tertiary/aromatic N) is 2. The SMILES string of the molecule is CCC(CC)(CC)N1CCCN2CCCC2C1. The minimum Gasteiger partial charge on any atom is -0.299 e. The number of fused-ring (bicyclic) bond motifs is 1. The summed E-state index contributed by atoms with van der Waals surface area (Å²) in [5.41, 5.74) is 0.485. The Labute approximate surface area is 107 Å². The van der Waals surface area contributed by atoms with Crippen molar-refractivity contribution in [2.45, 2.75) is 70.9 Å². The van der Waals surface area contributed by atoms with E-state index < -0.39 is 0 Å². The van der Waals surface area contributed by atoms with Gasteiger partial charge in [0.1, 0.15) is 0 Å². The third-order valence-electron chi connectivity index (χ3n) is 5.45. The molecule has 0 aromatic rings. The molecule has 2 heteroatoms. The van der Waals surface area contributed by atoms with Gasteiger partial charge in [-0.3, -0.25) is 9.80 Å². The van der Waals surface area contributed by atoms with Gasteiger partial charge in [0.05, 0.1) is 0 Å². The smallest absolute Gasteiger partial charge is 0.0223 e. The highest BCUT2D eigenvalue weighted by Crippen LogP contribution is 2.32. The zero-order chi connectivity index (χ0) is 12.3. The van der Waals surface area contributed by atoms with Gasteiger partial charge in [-0.25, -0.2) is 0 Å². The molecule has 0 bridgehead atoms. The van der Waals surface area contributed by atoms with E-state index in [2.05, 4.69) is 30.6 Å². The van der Waals surface area contributed by atoms with Crippen LogP contribution in [0.5, 0.6) is 0 Å². The second kappa shape index (κ2) is 5.71. The van der Waals surface area contributed by atoms with Gasteiger partial charge >= 0.3 is 0 Å². The van der Waals surface area contributed by atoms with Crippen LogP contribution in [-0.4, -0.2) is 47.6 Å². The fourth-order valence-corrected chi connectivity index (χ4v) is 4.06. The highest BCUT2D eigenvalue weighted by Gasteiger charge is 2.37. The van der Waals surface area contributed by atoms with Gasteiger partial charge in [-0.1, -0.05) is 20.8 Å². The molecule has 2 heterocycles. The van der Waals surface area contributed by atoms with E-state index in [9.17, 15) is 0 Å². The highest BCUT2D eigenvalue weighted by molar-refractivity contribution is 4.93. The van der Waals surface area contributed by atoms with E-state index in [1.54, 1.807) is 0 Å². The Morgan fingerprint density at radius 1 is 0.941 bits per heavy atom. The van der Waals surface area contributed by atoms with E-state index in [0.717, 1.165) is 6.04 Å². The summed E-state index contributed by atoms with van der Waals surface area (Å²) in [5, 5.41) is 0. The molecule has 0 aromatic heterocycles. The first-order valence-corrected chi connectivity index (χ1v) is 7.75. The van der Waals surface area contributed by atoms with Crippen molar-refractivity contribution in [3.05, 3.63) is 0 Å². The molecule has 17 heavy (non-hydrogen) atoms. The molecule has 100 valence electrons. The summed E-state index contributed by atoms with van der Waals surface area (Å²) >= 11 is 0. The second-order valence-corrected chi connectivity index (χ2v) is 5.92. The Hall–Kier alpha value is -0.0800. The molecule has 2 nitrogen and oxygen atoms in total. The number of rotatable bonds is 4. The van der Waals surface area contributed by atoms with Crippen LogP contribution in [0.3, 0.4) is 0 Å². The molecular formula is C15H30N2. The minimum atomic E-state index is 0.485. The fourth-order valence-electron chi connectivity index (χ4n) is 4.06. The topological polar surface area (TPSA) is 6.48 Å². The average molecular weight is 238 g/mol. The van der Waals surface area contributed by atoms with Gasteiger partial charge in [0.15, 0.2) is 0 Å². The van der Waals surface area contributed by atoms with Gasteiger partial charge in [0.25, 0.3) is 0 Å². The van der Waals surface area contributed by atoms with Crippen LogP contribution in [0, 0.1) is 0 Å². The molecule has 0 saturated carbocycles. The van der Waals surface area contributed by atoms with E-state index in [4.69, 9.17) is 0 Å². The van der Waals surface area contributed by atoms with Crippen LogP contribution in [0.1, 0.15) is 59.3 Å². The van der Waals surface area contributed by atoms with Gasteiger partial charge < -0.3 is 0 Å². The first-order chi connectivity index (χ1) is 8.25. The van der Waals surface area contributed by atoms with Crippen molar-refractivity contribution in [1.29, 1.82) is 0 Å². The predicted molar refractivity (Wildman–Crippen MR) is 74.4 cm³/mol. The largest absolute Gasteiger partial charge is 0.299 e. The van der Waals surface area contributed by atoms with E-state index >= 15 is 0 Å². The van der Waals surface area contributed by atoms with Gasteiger partial charge in [-0.15, -0.1) is 0 Å². The zero-order valence-electron chi connectivity index (χ0n) is 12.0. The summed E-state index contributed by atoms with van der Waals surface area (Å²) < 4.78 is 0. The molecule has 2 fully saturated rings. The molecule has 1 unspecified atom stereocenters. The maximum Gasteiger partial charge on any atom is 0.0223 e. The summed E-state index contributed by atoms with van der Waals surface area (Å²) in [7, 11) is 0. The third kappa shape index (κ3) is 2.53. The third-order valence-corrected chi connectivity index (χ3v) is 5.45. The molecule has 0 aromatic carbocycles. The lowest BCUT2D eigenvalue weighted by Gasteiger charge is -2.43. The number of hydrogen-bond acceptors (Lipinski definition) is 2. The summed E-state index contributed by atoms with van der Waals surface area (Å²) in [6.07, 6.45) is 8.17.